The highest BCUT2D eigenvalue weighted by atomic mass is 16.5. The van der Waals surface area contributed by atoms with Gasteiger partial charge in [-0.25, -0.2) is 0 Å². The van der Waals surface area contributed by atoms with Crippen LogP contribution in [0, 0.1) is 0 Å². The number of aromatic nitrogens is 1. The van der Waals surface area contributed by atoms with Gasteiger partial charge in [-0.3, -0.25) is 0 Å². The zero-order valence-corrected chi connectivity index (χ0v) is 11.9. The molecule has 0 aliphatic carbocycles. The van der Waals surface area contributed by atoms with Crippen molar-refractivity contribution in [1.29, 1.82) is 0 Å². The fraction of sp³-hybridized carbons (Fsp3) is 0.643. The molecule has 1 aromatic rings. The lowest BCUT2D eigenvalue weighted by molar-refractivity contribution is 0.120. The smallest absolute Gasteiger partial charge is 0.239 e. The molecule has 5 heteroatoms. The number of nitrogens with one attached hydrogen (secondary N) is 1. The van der Waals surface area contributed by atoms with Gasteiger partial charge < -0.3 is 20.5 Å². The van der Waals surface area contributed by atoms with Crippen LogP contribution in [0.5, 0.6) is 5.88 Å². The van der Waals surface area contributed by atoms with Crippen molar-refractivity contribution < 1.29 is 9.47 Å². The van der Waals surface area contributed by atoms with E-state index in [9.17, 15) is 0 Å². The summed E-state index contributed by atoms with van der Waals surface area (Å²) in [4.78, 5) is 4.40. The first-order valence-corrected chi connectivity index (χ1v) is 6.75. The summed E-state index contributed by atoms with van der Waals surface area (Å²) in [6.07, 6.45) is 2.53. The highest BCUT2D eigenvalue weighted by Gasteiger charge is 2.17. The van der Waals surface area contributed by atoms with Gasteiger partial charge in [0.1, 0.15) is 11.4 Å². The van der Waals surface area contributed by atoms with Crippen molar-refractivity contribution in [3.63, 3.8) is 0 Å². The number of hydrogen-bond acceptors (Lipinski definition) is 5. The fourth-order valence-electron chi connectivity index (χ4n) is 1.95. The van der Waals surface area contributed by atoms with Gasteiger partial charge in [0.05, 0.1) is 11.8 Å². The van der Waals surface area contributed by atoms with E-state index in [-0.39, 0.29) is 11.7 Å². The van der Waals surface area contributed by atoms with Crippen LogP contribution in [0.2, 0.25) is 0 Å². The van der Waals surface area contributed by atoms with Gasteiger partial charge >= 0.3 is 0 Å². The Morgan fingerprint density at radius 1 is 1.47 bits per heavy atom. The normalized spacial score (nSPS) is 19.4. The second kappa shape index (κ2) is 5.65. The van der Waals surface area contributed by atoms with E-state index < -0.39 is 0 Å². The van der Waals surface area contributed by atoms with E-state index in [1.807, 2.05) is 32.9 Å². The maximum absolute atomic E-state index is 5.87. The number of hydrogen-bond donors (Lipinski definition) is 2. The van der Waals surface area contributed by atoms with E-state index in [4.69, 9.17) is 15.2 Å². The molecule has 1 unspecified atom stereocenters. The van der Waals surface area contributed by atoms with Gasteiger partial charge in [-0.05, 0) is 45.7 Å². The molecule has 1 aliphatic heterocycles. The van der Waals surface area contributed by atoms with Crippen molar-refractivity contribution in [3.8, 4) is 5.88 Å². The molecule has 0 saturated carbocycles. The average molecular weight is 265 g/mol. The summed E-state index contributed by atoms with van der Waals surface area (Å²) in [7, 11) is 0. The molecule has 1 aromatic heterocycles. The Hall–Kier alpha value is -1.49. The summed E-state index contributed by atoms with van der Waals surface area (Å²) < 4.78 is 11.3. The van der Waals surface area contributed by atoms with Gasteiger partial charge in [0.25, 0.3) is 0 Å². The number of anilines is 2. The molecular weight excluding hydrogens is 242 g/mol. The van der Waals surface area contributed by atoms with Gasteiger partial charge in [-0.2, -0.15) is 4.98 Å². The molecule has 19 heavy (non-hydrogen) atoms. The molecule has 0 bridgehead atoms. The van der Waals surface area contributed by atoms with E-state index >= 15 is 0 Å². The minimum Gasteiger partial charge on any atom is -0.470 e. The first-order valence-electron chi connectivity index (χ1n) is 6.75. The Balaban J connectivity index is 1.99. The van der Waals surface area contributed by atoms with Crippen molar-refractivity contribution >= 4 is 11.5 Å². The molecular formula is C14H23N3O2. The molecule has 0 amide bonds. The summed E-state index contributed by atoms with van der Waals surface area (Å²) in [6, 6.07) is 3.67. The number of rotatable bonds is 4. The second-order valence-corrected chi connectivity index (χ2v) is 5.82. The van der Waals surface area contributed by atoms with Crippen LogP contribution >= 0.6 is 0 Å². The summed E-state index contributed by atoms with van der Waals surface area (Å²) in [6.45, 7) is 7.55. The number of nitrogens with two attached hydrogens (primary N) is 1. The van der Waals surface area contributed by atoms with Crippen LogP contribution in [0.25, 0.3) is 0 Å². The predicted octanol–water partition coefficient (Wildman–Crippen LogP) is 2.43. The van der Waals surface area contributed by atoms with Crippen LogP contribution < -0.4 is 15.8 Å². The Kier molecular flexibility index (Phi) is 4.14. The van der Waals surface area contributed by atoms with Crippen molar-refractivity contribution in [3.05, 3.63) is 12.1 Å². The largest absolute Gasteiger partial charge is 0.470 e. The van der Waals surface area contributed by atoms with Crippen molar-refractivity contribution in [2.24, 2.45) is 0 Å². The lowest BCUT2D eigenvalue weighted by Gasteiger charge is -2.22. The summed E-state index contributed by atoms with van der Waals surface area (Å²) >= 11 is 0. The minimum absolute atomic E-state index is 0.284. The SMILES string of the molecule is CC(C)(C)Oc1nc(NCC2CCCO2)ccc1N. The molecule has 106 valence electrons. The molecule has 3 N–H and O–H groups in total. The van der Waals surface area contributed by atoms with E-state index in [1.54, 1.807) is 0 Å². The second-order valence-electron chi connectivity index (χ2n) is 5.82. The lowest BCUT2D eigenvalue weighted by atomic mass is 10.2. The number of ether oxygens (including phenoxy) is 2. The summed E-state index contributed by atoms with van der Waals surface area (Å²) in [5.74, 6) is 1.24. The number of pyridine rings is 1. The molecule has 2 rings (SSSR count). The Morgan fingerprint density at radius 2 is 2.26 bits per heavy atom. The van der Waals surface area contributed by atoms with Crippen LogP contribution in [-0.2, 0) is 4.74 Å². The van der Waals surface area contributed by atoms with Gasteiger partial charge in [0.2, 0.25) is 5.88 Å². The van der Waals surface area contributed by atoms with Gasteiger partial charge in [0.15, 0.2) is 0 Å². The molecule has 1 fully saturated rings. The molecule has 1 saturated heterocycles. The van der Waals surface area contributed by atoms with Gasteiger partial charge in [-0.15, -0.1) is 0 Å². The standard InChI is InChI=1S/C14H23N3O2/c1-14(2,3)19-13-11(15)6-7-12(17-13)16-9-10-5-4-8-18-10/h6-7,10H,4-5,8-9,15H2,1-3H3,(H,16,17). The zero-order chi connectivity index (χ0) is 13.9. The average Bonchev–Trinajstić information content (AvgIpc) is 2.81. The lowest BCUT2D eigenvalue weighted by Crippen LogP contribution is -2.24. The highest BCUT2D eigenvalue weighted by molar-refractivity contribution is 5.53. The molecule has 0 spiro atoms. The van der Waals surface area contributed by atoms with Gasteiger partial charge in [0, 0.05) is 13.2 Å². The van der Waals surface area contributed by atoms with E-state index in [0.717, 1.165) is 31.8 Å². The van der Waals surface area contributed by atoms with Crippen LogP contribution in [0.1, 0.15) is 33.6 Å². The zero-order valence-electron chi connectivity index (χ0n) is 11.9. The Morgan fingerprint density at radius 3 is 2.89 bits per heavy atom. The van der Waals surface area contributed by atoms with Crippen molar-refractivity contribution in [1.82, 2.24) is 4.98 Å². The summed E-state index contributed by atoms with van der Waals surface area (Å²) in [5.41, 5.74) is 6.12. The third-order valence-electron chi connectivity index (χ3n) is 2.83. The van der Waals surface area contributed by atoms with Crippen LogP contribution in [-0.4, -0.2) is 29.8 Å². The van der Waals surface area contributed by atoms with Crippen molar-refractivity contribution in [2.45, 2.75) is 45.3 Å². The third-order valence-corrected chi connectivity index (χ3v) is 2.83. The molecule has 0 aromatic carbocycles. The predicted molar refractivity (Wildman–Crippen MR) is 76.5 cm³/mol. The third kappa shape index (κ3) is 4.28. The summed E-state index contributed by atoms with van der Waals surface area (Å²) in [5, 5.41) is 3.27. The topological polar surface area (TPSA) is 69.4 Å². The monoisotopic (exact) mass is 265 g/mol. The highest BCUT2D eigenvalue weighted by Crippen LogP contribution is 2.25. The maximum Gasteiger partial charge on any atom is 0.239 e. The molecule has 1 atom stereocenters. The van der Waals surface area contributed by atoms with E-state index in [0.29, 0.717) is 11.6 Å². The Labute approximate surface area is 114 Å². The van der Waals surface area contributed by atoms with Gasteiger partial charge in [-0.1, -0.05) is 0 Å². The molecule has 1 aliphatic rings. The van der Waals surface area contributed by atoms with E-state index in [2.05, 4.69) is 10.3 Å². The molecule has 2 heterocycles. The number of nitrogens with zero attached hydrogens (tertiary/aromatic N) is 1. The van der Waals surface area contributed by atoms with Crippen LogP contribution in [0.15, 0.2) is 12.1 Å². The molecule has 5 nitrogen and oxygen atoms in total. The number of nitrogen functional groups attached to an aromatic ring is 1. The quantitative estimate of drug-likeness (QED) is 0.875. The van der Waals surface area contributed by atoms with Crippen molar-refractivity contribution in [2.75, 3.05) is 24.2 Å². The maximum atomic E-state index is 5.87. The molecule has 0 radical (unpaired) electrons. The fourth-order valence-corrected chi connectivity index (χ4v) is 1.95. The first kappa shape index (κ1) is 13.9. The minimum atomic E-state index is -0.311. The van der Waals surface area contributed by atoms with E-state index in [1.165, 1.54) is 0 Å². The van der Waals surface area contributed by atoms with Crippen LogP contribution in [0.4, 0.5) is 11.5 Å². The Bertz CT molecular complexity index is 423. The first-order chi connectivity index (χ1) is 8.94. The van der Waals surface area contributed by atoms with Crippen LogP contribution in [0.3, 0.4) is 0 Å².